The molecule has 3 unspecified atom stereocenters. The number of hydrogen-bond donors (Lipinski definition) is 1. The van der Waals surface area contributed by atoms with Crippen molar-refractivity contribution >= 4 is 22.5 Å². The summed E-state index contributed by atoms with van der Waals surface area (Å²) in [5.41, 5.74) is 1.02. The maximum Gasteiger partial charge on any atom is 0.259 e. The smallest absolute Gasteiger partial charge is 0.259 e. The summed E-state index contributed by atoms with van der Waals surface area (Å²) < 4.78 is 1.67. The minimum atomic E-state index is -0.424. The number of likely N-dealkylation sites (tertiary alicyclic amines) is 1. The summed E-state index contributed by atoms with van der Waals surface area (Å²) in [5, 5.41) is 4.89. The van der Waals surface area contributed by atoms with E-state index in [1.165, 1.54) is 12.8 Å². The van der Waals surface area contributed by atoms with Crippen molar-refractivity contribution in [3.8, 4) is 0 Å². The van der Waals surface area contributed by atoms with Crippen molar-refractivity contribution < 1.29 is 9.59 Å². The third kappa shape index (κ3) is 5.43. The van der Waals surface area contributed by atoms with E-state index in [1.807, 2.05) is 23.1 Å². The molecule has 184 valence electrons. The average molecular weight is 466 g/mol. The molecule has 1 N–H and O–H groups in total. The van der Waals surface area contributed by atoms with Crippen molar-refractivity contribution in [1.82, 2.24) is 14.8 Å². The number of carbonyl (C=O) groups is 2. The molecule has 2 heterocycles. The first-order valence-corrected chi connectivity index (χ1v) is 13.1. The van der Waals surface area contributed by atoms with E-state index in [-0.39, 0.29) is 29.1 Å². The number of nitrogens with one attached hydrogen (secondary N) is 1. The van der Waals surface area contributed by atoms with Crippen LogP contribution in [0.25, 0.3) is 10.8 Å². The van der Waals surface area contributed by atoms with Crippen LogP contribution in [0.15, 0.2) is 35.3 Å². The molecule has 1 saturated heterocycles. The molecule has 1 amide bonds. The summed E-state index contributed by atoms with van der Waals surface area (Å²) in [6.07, 6.45) is 8.90. The van der Waals surface area contributed by atoms with E-state index in [0.29, 0.717) is 24.5 Å². The fourth-order valence-corrected chi connectivity index (χ4v) is 5.56. The van der Waals surface area contributed by atoms with Gasteiger partial charge in [0.15, 0.2) is 5.78 Å². The summed E-state index contributed by atoms with van der Waals surface area (Å²) in [4.78, 5) is 40.9. The molecule has 1 aliphatic heterocycles. The number of nitrogens with zero attached hydrogens (tertiary/aromatic N) is 2. The van der Waals surface area contributed by atoms with Gasteiger partial charge in [0.05, 0.1) is 12.6 Å². The Hall–Kier alpha value is -2.47. The summed E-state index contributed by atoms with van der Waals surface area (Å²) in [7, 11) is 0. The zero-order valence-corrected chi connectivity index (χ0v) is 20.9. The van der Waals surface area contributed by atoms with Crippen molar-refractivity contribution in [2.75, 3.05) is 19.6 Å². The van der Waals surface area contributed by atoms with E-state index in [9.17, 15) is 14.4 Å². The first-order valence-electron chi connectivity index (χ1n) is 13.1. The summed E-state index contributed by atoms with van der Waals surface area (Å²) in [5.74, 6) is 0.593. The average Bonchev–Trinajstić information content (AvgIpc) is 3.68. The maximum absolute atomic E-state index is 13.6. The van der Waals surface area contributed by atoms with Crippen LogP contribution < -0.4 is 10.9 Å². The van der Waals surface area contributed by atoms with Crippen molar-refractivity contribution in [2.24, 2.45) is 5.92 Å². The van der Waals surface area contributed by atoms with E-state index < -0.39 is 6.04 Å². The van der Waals surface area contributed by atoms with E-state index in [4.69, 9.17) is 0 Å². The molecule has 0 spiro atoms. The summed E-state index contributed by atoms with van der Waals surface area (Å²) in [6.45, 7) is 7.73. The Morgan fingerprint density at radius 2 is 1.94 bits per heavy atom. The minimum Gasteiger partial charge on any atom is -0.341 e. The molecule has 4 rings (SSSR count). The summed E-state index contributed by atoms with van der Waals surface area (Å²) >= 11 is 0. The van der Waals surface area contributed by atoms with Crippen LogP contribution in [0.2, 0.25) is 0 Å². The maximum atomic E-state index is 13.6. The second-order valence-electron chi connectivity index (χ2n) is 10.2. The van der Waals surface area contributed by atoms with Crippen LogP contribution in [0, 0.1) is 5.92 Å². The number of benzene rings is 1. The lowest BCUT2D eigenvalue weighted by atomic mass is 9.88. The molecule has 6 heteroatoms. The number of hydrogen-bond acceptors (Lipinski definition) is 4. The highest BCUT2D eigenvalue weighted by atomic mass is 16.2. The standard InChI is InChI=1S/C28H39N3O3/c1-4-7-20(5-2)27(19(3)32)31-15-13-21-9-10-22(16-25(21)28(31)34)23-8-6-14-30(18-23)26(33)17-29-24-11-12-24/h9-10,13,15-16,20,23-24,27,29H,4-8,11-12,14,17-18H2,1-3H3. The van der Waals surface area contributed by atoms with Gasteiger partial charge in [0, 0.05) is 36.6 Å². The van der Waals surface area contributed by atoms with Crippen molar-refractivity contribution in [1.29, 1.82) is 0 Å². The van der Waals surface area contributed by atoms with Gasteiger partial charge in [0.25, 0.3) is 5.56 Å². The van der Waals surface area contributed by atoms with Gasteiger partial charge in [-0.25, -0.2) is 0 Å². The number of rotatable bonds is 10. The van der Waals surface area contributed by atoms with Gasteiger partial charge in [-0.3, -0.25) is 14.4 Å². The lowest BCUT2D eigenvalue weighted by Crippen LogP contribution is -2.43. The normalized spacial score (nSPS) is 20.3. The fraction of sp³-hybridized carbons (Fsp3) is 0.607. The van der Waals surface area contributed by atoms with Crippen LogP contribution in [0.4, 0.5) is 0 Å². The molecule has 2 fully saturated rings. The number of fused-ring (bicyclic) bond motifs is 1. The third-order valence-electron chi connectivity index (χ3n) is 7.67. The molecule has 1 aromatic carbocycles. The molecule has 6 nitrogen and oxygen atoms in total. The fourth-order valence-electron chi connectivity index (χ4n) is 5.56. The first-order chi connectivity index (χ1) is 16.4. The van der Waals surface area contributed by atoms with E-state index in [1.54, 1.807) is 17.7 Å². The van der Waals surface area contributed by atoms with E-state index in [0.717, 1.165) is 49.6 Å². The number of ketones is 1. The van der Waals surface area contributed by atoms with Crippen LogP contribution >= 0.6 is 0 Å². The van der Waals surface area contributed by atoms with Gasteiger partial charge in [0.1, 0.15) is 0 Å². The summed E-state index contributed by atoms with van der Waals surface area (Å²) in [6, 6.07) is 8.17. The molecule has 3 atom stereocenters. The second kappa shape index (κ2) is 10.9. The predicted octanol–water partition coefficient (Wildman–Crippen LogP) is 4.42. The predicted molar refractivity (Wildman–Crippen MR) is 136 cm³/mol. The highest BCUT2D eigenvalue weighted by molar-refractivity contribution is 5.84. The van der Waals surface area contributed by atoms with Crippen LogP contribution in [0.3, 0.4) is 0 Å². The van der Waals surface area contributed by atoms with Gasteiger partial charge in [-0.05, 0) is 68.0 Å². The Morgan fingerprint density at radius 3 is 2.62 bits per heavy atom. The van der Waals surface area contributed by atoms with Gasteiger partial charge >= 0.3 is 0 Å². The molecule has 34 heavy (non-hydrogen) atoms. The van der Waals surface area contributed by atoms with Crippen molar-refractivity contribution in [3.63, 3.8) is 0 Å². The molecule has 1 saturated carbocycles. The van der Waals surface area contributed by atoms with Gasteiger partial charge in [-0.1, -0.05) is 38.8 Å². The number of Topliss-reactive ketones (excluding diaryl/α,β-unsaturated/α-hetero) is 1. The highest BCUT2D eigenvalue weighted by Gasteiger charge is 2.29. The second-order valence-corrected chi connectivity index (χ2v) is 10.2. The number of carbonyl (C=O) groups excluding carboxylic acids is 2. The number of amides is 1. The van der Waals surface area contributed by atoms with Crippen LogP contribution in [0.5, 0.6) is 0 Å². The number of piperidine rings is 1. The van der Waals surface area contributed by atoms with Gasteiger partial charge < -0.3 is 14.8 Å². The first kappa shape index (κ1) is 24.6. The molecular weight excluding hydrogens is 426 g/mol. The zero-order valence-electron chi connectivity index (χ0n) is 20.9. The Labute approximate surface area is 202 Å². The van der Waals surface area contributed by atoms with E-state index >= 15 is 0 Å². The molecular formula is C28H39N3O3. The quantitative estimate of drug-likeness (QED) is 0.564. The van der Waals surface area contributed by atoms with Crippen molar-refractivity contribution in [2.45, 2.75) is 83.7 Å². The Balaban J connectivity index is 1.60. The third-order valence-corrected chi connectivity index (χ3v) is 7.67. The van der Waals surface area contributed by atoms with Gasteiger partial charge in [0.2, 0.25) is 5.91 Å². The molecule has 1 aliphatic carbocycles. The van der Waals surface area contributed by atoms with Crippen LogP contribution in [0.1, 0.15) is 83.2 Å². The topological polar surface area (TPSA) is 71.4 Å². The lowest BCUT2D eigenvalue weighted by molar-refractivity contribution is -0.131. The van der Waals surface area contributed by atoms with Gasteiger partial charge in [-0.15, -0.1) is 0 Å². The molecule has 0 bridgehead atoms. The monoisotopic (exact) mass is 465 g/mol. The van der Waals surface area contributed by atoms with E-state index in [2.05, 4.69) is 25.2 Å². The number of pyridine rings is 1. The largest absolute Gasteiger partial charge is 0.341 e. The zero-order chi connectivity index (χ0) is 24.2. The molecule has 2 aliphatic rings. The molecule has 0 radical (unpaired) electrons. The Bertz CT molecular complexity index is 1090. The van der Waals surface area contributed by atoms with Gasteiger partial charge in [-0.2, -0.15) is 0 Å². The Kier molecular flexibility index (Phi) is 7.87. The van der Waals surface area contributed by atoms with Crippen LogP contribution in [-0.4, -0.2) is 46.8 Å². The van der Waals surface area contributed by atoms with Crippen molar-refractivity contribution in [3.05, 3.63) is 46.4 Å². The highest BCUT2D eigenvalue weighted by Crippen LogP contribution is 2.30. The molecule has 2 aromatic rings. The Morgan fingerprint density at radius 1 is 1.15 bits per heavy atom. The minimum absolute atomic E-state index is 0.0409. The molecule has 1 aromatic heterocycles. The SMILES string of the molecule is CCCC(CC)C(C(C)=O)n1ccc2ccc(C3CCCN(C(=O)CNC4CC4)C3)cc2c1=O. The van der Waals surface area contributed by atoms with Crippen LogP contribution in [-0.2, 0) is 9.59 Å². The number of aromatic nitrogens is 1. The lowest BCUT2D eigenvalue weighted by Gasteiger charge is -2.33.